The maximum Gasteiger partial charge on any atom is 0.337 e. The molecule has 3 heterocycles. The molecule has 0 saturated carbocycles. The van der Waals surface area contributed by atoms with E-state index in [-0.39, 0.29) is 23.8 Å². The van der Waals surface area contributed by atoms with Crippen LogP contribution in [0.3, 0.4) is 0 Å². The highest BCUT2D eigenvalue weighted by Gasteiger charge is 2.28. The number of aromatic nitrogens is 2. The predicted molar refractivity (Wildman–Crippen MR) is 168 cm³/mol. The van der Waals surface area contributed by atoms with Crippen molar-refractivity contribution in [2.45, 2.75) is 45.4 Å². The first-order valence-corrected chi connectivity index (χ1v) is 15.2. The summed E-state index contributed by atoms with van der Waals surface area (Å²) in [5, 5.41) is 0.684. The largest absolute Gasteiger partial charge is 0.465 e. The third-order valence-corrected chi connectivity index (χ3v) is 9.04. The maximum absolute atomic E-state index is 13.6. The minimum atomic E-state index is -0.362. The summed E-state index contributed by atoms with van der Waals surface area (Å²) in [6, 6.07) is 19.3. The van der Waals surface area contributed by atoms with Crippen molar-refractivity contribution >= 4 is 45.8 Å². The number of rotatable bonds is 9. The number of likely N-dealkylation sites (tertiary alicyclic amines) is 1. The minimum Gasteiger partial charge on any atom is -0.465 e. The second kappa shape index (κ2) is 12.5. The van der Waals surface area contributed by atoms with Gasteiger partial charge >= 0.3 is 5.97 Å². The predicted octanol–water partition coefficient (Wildman–Crippen LogP) is 6.44. The molecule has 0 bridgehead atoms. The van der Waals surface area contributed by atoms with Gasteiger partial charge in [-0.05, 0) is 87.3 Å². The van der Waals surface area contributed by atoms with Crippen molar-refractivity contribution in [2.24, 2.45) is 5.92 Å². The van der Waals surface area contributed by atoms with E-state index in [1.165, 1.54) is 7.11 Å². The summed E-state index contributed by atoms with van der Waals surface area (Å²) < 4.78 is 12.9. The summed E-state index contributed by atoms with van der Waals surface area (Å²) in [5.41, 5.74) is 5.94. The number of imidazole rings is 1. The fourth-order valence-corrected chi connectivity index (χ4v) is 6.42. The number of piperidine rings is 1. The van der Waals surface area contributed by atoms with E-state index in [0.29, 0.717) is 23.7 Å². The number of hydrogen-bond acceptors (Lipinski definition) is 7. The zero-order valence-electron chi connectivity index (χ0n) is 24.9. The lowest BCUT2D eigenvalue weighted by Gasteiger charge is -2.32. The van der Waals surface area contributed by atoms with Crippen LogP contribution >= 0.6 is 11.6 Å². The number of ether oxygens (including phenoxy) is 2. The summed E-state index contributed by atoms with van der Waals surface area (Å²) in [6.07, 6.45) is 2.75. The van der Waals surface area contributed by atoms with Crippen LogP contribution in [0.25, 0.3) is 11.0 Å². The summed E-state index contributed by atoms with van der Waals surface area (Å²) in [5.74, 6) is 0.751. The number of ketones is 1. The number of carbonyl (C=O) groups excluding carboxylic acids is 2. The molecule has 4 aromatic rings. The van der Waals surface area contributed by atoms with Gasteiger partial charge < -0.3 is 18.9 Å². The molecule has 0 unspecified atom stereocenters. The van der Waals surface area contributed by atoms with E-state index >= 15 is 0 Å². The Morgan fingerprint density at radius 2 is 1.84 bits per heavy atom. The number of fused-ring (bicyclic) bond motifs is 1. The van der Waals surface area contributed by atoms with Gasteiger partial charge in [0.1, 0.15) is 5.82 Å². The van der Waals surface area contributed by atoms with Crippen LogP contribution in [0.15, 0.2) is 60.7 Å². The molecule has 3 aromatic carbocycles. The zero-order chi connectivity index (χ0) is 30.1. The van der Waals surface area contributed by atoms with E-state index in [4.69, 9.17) is 26.1 Å². The Morgan fingerprint density at radius 1 is 1.05 bits per heavy atom. The van der Waals surface area contributed by atoms with Crippen molar-refractivity contribution in [1.82, 2.24) is 14.5 Å². The standard InChI is InChI=1S/C34H37ClN4O4/c1-22-7-10-30(28(35)17-22)37(2)26-6-4-5-24(18-26)33(40)23-11-14-38(15-12-23)21-32-36-29-9-8-25(34(41)42-3)19-31(29)39(32)20-27-13-16-43-27/h4-10,17-19,23,27H,11-16,20-21H2,1-3H3/t27-/m0/s1. The lowest BCUT2D eigenvalue weighted by molar-refractivity contribution is -0.0592. The molecule has 9 heteroatoms. The maximum atomic E-state index is 13.6. The van der Waals surface area contributed by atoms with Crippen LogP contribution in [0.5, 0.6) is 0 Å². The Hall–Kier alpha value is -3.72. The molecule has 1 atom stereocenters. The molecule has 2 saturated heterocycles. The highest BCUT2D eigenvalue weighted by molar-refractivity contribution is 6.33. The van der Waals surface area contributed by atoms with Gasteiger partial charge in [0.2, 0.25) is 0 Å². The van der Waals surface area contributed by atoms with Crippen LogP contribution in [-0.4, -0.2) is 66.2 Å². The normalized spacial score (nSPS) is 17.5. The molecule has 2 aliphatic heterocycles. The van der Waals surface area contributed by atoms with E-state index in [0.717, 1.165) is 78.3 Å². The van der Waals surface area contributed by atoms with Gasteiger partial charge in [-0.2, -0.15) is 0 Å². The van der Waals surface area contributed by atoms with Crippen molar-refractivity contribution in [2.75, 3.05) is 38.8 Å². The number of nitrogens with zero attached hydrogens (tertiary/aromatic N) is 4. The SMILES string of the molecule is COC(=O)c1ccc2nc(CN3CCC(C(=O)c4cccc(N(C)c5ccc(C)cc5Cl)c4)CC3)n(C[C@@H]3CCO3)c2c1. The third kappa shape index (κ3) is 6.18. The molecule has 0 amide bonds. The summed E-state index contributed by atoms with van der Waals surface area (Å²) in [4.78, 5) is 35.1. The van der Waals surface area contributed by atoms with E-state index in [9.17, 15) is 9.59 Å². The number of aryl methyl sites for hydroxylation is 1. The summed E-state index contributed by atoms with van der Waals surface area (Å²) >= 11 is 6.52. The molecule has 0 N–H and O–H groups in total. The Labute approximate surface area is 257 Å². The number of methoxy groups -OCH3 is 1. The average molecular weight is 601 g/mol. The zero-order valence-corrected chi connectivity index (χ0v) is 25.6. The number of anilines is 2. The molecule has 1 aromatic heterocycles. The fraction of sp³-hybridized carbons (Fsp3) is 0.382. The van der Waals surface area contributed by atoms with Gasteiger partial charge in [0, 0.05) is 30.8 Å². The van der Waals surface area contributed by atoms with Gasteiger partial charge in [0.15, 0.2) is 5.78 Å². The number of hydrogen-bond donors (Lipinski definition) is 0. The van der Waals surface area contributed by atoms with Crippen molar-refractivity contribution in [3.8, 4) is 0 Å². The van der Waals surface area contributed by atoms with Crippen LogP contribution in [0.4, 0.5) is 11.4 Å². The van der Waals surface area contributed by atoms with Crippen LogP contribution in [0, 0.1) is 12.8 Å². The average Bonchev–Trinajstić information content (AvgIpc) is 3.34. The van der Waals surface area contributed by atoms with Crippen LogP contribution in [0.1, 0.15) is 51.4 Å². The van der Waals surface area contributed by atoms with Crippen molar-refractivity contribution in [3.05, 3.63) is 88.2 Å². The number of esters is 1. The second-order valence-corrected chi connectivity index (χ2v) is 12.0. The topological polar surface area (TPSA) is 76.9 Å². The third-order valence-electron chi connectivity index (χ3n) is 8.73. The van der Waals surface area contributed by atoms with E-state index in [2.05, 4.69) is 9.47 Å². The molecule has 6 rings (SSSR count). The first-order valence-electron chi connectivity index (χ1n) is 14.9. The molecule has 43 heavy (non-hydrogen) atoms. The van der Waals surface area contributed by atoms with Gasteiger partial charge in [0.25, 0.3) is 0 Å². The smallest absolute Gasteiger partial charge is 0.337 e. The highest BCUT2D eigenvalue weighted by atomic mass is 35.5. The second-order valence-electron chi connectivity index (χ2n) is 11.6. The van der Waals surface area contributed by atoms with E-state index < -0.39 is 0 Å². The first kappa shape index (κ1) is 29.4. The first-order chi connectivity index (χ1) is 20.8. The minimum absolute atomic E-state index is 0.0235. The van der Waals surface area contributed by atoms with E-state index in [1.807, 2.05) is 73.5 Å². The van der Waals surface area contributed by atoms with Crippen molar-refractivity contribution in [3.63, 3.8) is 0 Å². The quantitative estimate of drug-likeness (QED) is 0.162. The van der Waals surface area contributed by atoms with Gasteiger partial charge in [-0.25, -0.2) is 9.78 Å². The molecule has 0 aliphatic carbocycles. The summed E-state index contributed by atoms with van der Waals surface area (Å²) in [6.45, 7) is 5.79. The van der Waals surface area contributed by atoms with Gasteiger partial charge in [0.05, 0.1) is 53.6 Å². The highest BCUT2D eigenvalue weighted by Crippen LogP contribution is 2.33. The van der Waals surface area contributed by atoms with Crippen LogP contribution < -0.4 is 4.90 Å². The molecule has 2 aliphatic rings. The fourth-order valence-electron chi connectivity index (χ4n) is 6.05. The molecule has 8 nitrogen and oxygen atoms in total. The van der Waals surface area contributed by atoms with Gasteiger partial charge in [-0.3, -0.25) is 9.69 Å². The number of Topliss-reactive ketones (excluding diaryl/α,β-unsaturated/α-hetero) is 1. The summed E-state index contributed by atoms with van der Waals surface area (Å²) in [7, 11) is 3.36. The number of halogens is 1. The monoisotopic (exact) mass is 600 g/mol. The number of carbonyl (C=O) groups is 2. The Morgan fingerprint density at radius 3 is 2.53 bits per heavy atom. The Bertz CT molecular complexity index is 1660. The van der Waals surface area contributed by atoms with Gasteiger partial charge in [-0.1, -0.05) is 29.8 Å². The molecule has 0 spiro atoms. The number of benzene rings is 3. The van der Waals surface area contributed by atoms with Gasteiger partial charge in [-0.15, -0.1) is 0 Å². The molecule has 224 valence electrons. The molecular formula is C34H37ClN4O4. The molecule has 2 fully saturated rings. The lowest BCUT2D eigenvalue weighted by Crippen LogP contribution is -2.37. The Balaban J connectivity index is 1.14. The van der Waals surface area contributed by atoms with E-state index in [1.54, 1.807) is 6.07 Å². The molecule has 0 radical (unpaired) electrons. The van der Waals surface area contributed by atoms with Crippen LogP contribution in [0.2, 0.25) is 5.02 Å². The lowest BCUT2D eigenvalue weighted by atomic mass is 9.88. The molecular weight excluding hydrogens is 564 g/mol. The Kier molecular flexibility index (Phi) is 8.52. The van der Waals surface area contributed by atoms with Crippen molar-refractivity contribution in [1.29, 1.82) is 0 Å². The van der Waals surface area contributed by atoms with Crippen LogP contribution in [-0.2, 0) is 22.6 Å². The van der Waals surface area contributed by atoms with Crippen molar-refractivity contribution < 1.29 is 19.1 Å².